The molecule has 1 saturated carbocycles. The average molecular weight is 282 g/mol. The maximum absolute atomic E-state index is 14.0. The minimum absolute atomic E-state index is 0.0109. The number of pyridine rings is 1. The minimum Gasteiger partial charge on any atom is -0.477 e. The summed E-state index contributed by atoms with van der Waals surface area (Å²) < 4.78 is 15.6. The topological polar surface area (TPSA) is 59.3 Å². The Hall–Kier alpha value is -1.88. The van der Waals surface area contributed by atoms with Crippen LogP contribution in [0.25, 0.3) is 10.9 Å². The number of carbonyl (C=O) groups is 1. The van der Waals surface area contributed by atoms with E-state index in [2.05, 4.69) is 0 Å². The van der Waals surface area contributed by atoms with Gasteiger partial charge in [0.1, 0.15) is 11.4 Å². The first kappa shape index (κ1) is 12.2. The van der Waals surface area contributed by atoms with Crippen LogP contribution in [0.2, 0.25) is 5.02 Å². The minimum atomic E-state index is -1.32. The van der Waals surface area contributed by atoms with E-state index >= 15 is 0 Å². The quantitative estimate of drug-likeness (QED) is 0.921. The fraction of sp³-hybridized carbons (Fsp3) is 0.231. The summed E-state index contributed by atoms with van der Waals surface area (Å²) in [5.41, 5.74) is -0.941. The molecule has 1 fully saturated rings. The summed E-state index contributed by atoms with van der Waals surface area (Å²) in [4.78, 5) is 23.1. The van der Waals surface area contributed by atoms with E-state index in [9.17, 15) is 14.0 Å². The van der Waals surface area contributed by atoms with Gasteiger partial charge in [-0.3, -0.25) is 4.79 Å². The molecule has 0 saturated heterocycles. The highest BCUT2D eigenvalue weighted by atomic mass is 35.5. The van der Waals surface area contributed by atoms with Crippen molar-refractivity contribution in [2.45, 2.75) is 18.9 Å². The summed E-state index contributed by atoms with van der Waals surface area (Å²) >= 11 is 5.74. The maximum Gasteiger partial charge on any atom is 0.341 e. The normalized spacial score (nSPS) is 14.8. The fourth-order valence-corrected chi connectivity index (χ4v) is 2.41. The molecular formula is C13H9ClFNO3. The molecule has 0 bridgehead atoms. The van der Waals surface area contributed by atoms with Crippen LogP contribution >= 0.6 is 11.6 Å². The number of halogens is 2. The van der Waals surface area contributed by atoms with Gasteiger partial charge in [-0.25, -0.2) is 9.18 Å². The second kappa shape index (κ2) is 4.06. The lowest BCUT2D eigenvalue weighted by molar-refractivity contribution is 0.0695. The average Bonchev–Trinajstić information content (AvgIpc) is 3.13. The molecule has 0 atom stereocenters. The first-order valence-electron chi connectivity index (χ1n) is 5.76. The van der Waals surface area contributed by atoms with Crippen LogP contribution in [0.4, 0.5) is 4.39 Å². The van der Waals surface area contributed by atoms with E-state index in [1.807, 2.05) is 0 Å². The Morgan fingerprint density at radius 3 is 2.68 bits per heavy atom. The molecule has 0 aliphatic heterocycles. The number of aromatic carboxylic acids is 1. The van der Waals surface area contributed by atoms with Crippen LogP contribution < -0.4 is 5.43 Å². The summed E-state index contributed by atoms with van der Waals surface area (Å²) in [5, 5.41) is 9.14. The summed E-state index contributed by atoms with van der Waals surface area (Å²) in [6.45, 7) is 0. The molecule has 1 aliphatic carbocycles. The van der Waals surface area contributed by atoms with Crippen molar-refractivity contribution >= 4 is 28.5 Å². The van der Waals surface area contributed by atoms with E-state index in [0.29, 0.717) is 0 Å². The lowest BCUT2D eigenvalue weighted by atomic mass is 10.1. The number of nitrogens with zero attached hydrogens (tertiary/aromatic N) is 1. The van der Waals surface area contributed by atoms with Gasteiger partial charge in [0.2, 0.25) is 5.43 Å². The third-order valence-electron chi connectivity index (χ3n) is 3.21. The van der Waals surface area contributed by atoms with Gasteiger partial charge >= 0.3 is 5.97 Å². The van der Waals surface area contributed by atoms with Gasteiger partial charge in [-0.15, -0.1) is 0 Å². The van der Waals surface area contributed by atoms with Gasteiger partial charge in [0.05, 0.1) is 10.9 Å². The van der Waals surface area contributed by atoms with E-state index in [1.165, 1.54) is 16.8 Å². The number of rotatable bonds is 2. The van der Waals surface area contributed by atoms with Crippen molar-refractivity contribution in [3.63, 3.8) is 0 Å². The Balaban J connectivity index is 2.49. The van der Waals surface area contributed by atoms with Crippen LogP contribution in [0.15, 0.2) is 23.1 Å². The number of aromatic nitrogens is 1. The first-order chi connectivity index (χ1) is 8.99. The van der Waals surface area contributed by atoms with E-state index < -0.39 is 17.2 Å². The molecule has 1 aromatic carbocycles. The number of carboxylic acid groups (broad SMARTS) is 1. The molecule has 0 unspecified atom stereocenters. The predicted molar refractivity (Wildman–Crippen MR) is 68.4 cm³/mol. The highest BCUT2D eigenvalue weighted by molar-refractivity contribution is 6.31. The highest BCUT2D eigenvalue weighted by Gasteiger charge is 2.28. The van der Waals surface area contributed by atoms with Gasteiger partial charge in [-0.1, -0.05) is 11.6 Å². The number of benzene rings is 1. The summed E-state index contributed by atoms with van der Waals surface area (Å²) in [7, 11) is 0. The van der Waals surface area contributed by atoms with Crippen LogP contribution in [0.3, 0.4) is 0 Å². The fourth-order valence-electron chi connectivity index (χ4n) is 2.20. The highest BCUT2D eigenvalue weighted by Crippen LogP contribution is 2.37. The SMILES string of the molecule is O=C(O)c1cn(C2CC2)c2c(F)cc(Cl)cc2c1=O. The zero-order valence-electron chi connectivity index (χ0n) is 9.69. The van der Waals surface area contributed by atoms with Gasteiger partial charge < -0.3 is 9.67 Å². The standard InChI is InChI=1S/C13H9ClFNO3/c14-6-3-8-11(10(15)4-6)16(7-1-2-7)5-9(12(8)17)13(18)19/h3-5,7H,1-2H2,(H,18,19). The zero-order valence-corrected chi connectivity index (χ0v) is 10.4. The first-order valence-corrected chi connectivity index (χ1v) is 6.14. The summed E-state index contributed by atoms with van der Waals surface area (Å²) in [6, 6.07) is 2.49. The smallest absolute Gasteiger partial charge is 0.341 e. The van der Waals surface area contributed by atoms with Gasteiger partial charge in [0.25, 0.3) is 0 Å². The molecule has 98 valence electrons. The second-order valence-corrected chi connectivity index (χ2v) is 5.04. The molecule has 1 aliphatic rings. The Kier molecular flexibility index (Phi) is 2.60. The number of hydrogen-bond donors (Lipinski definition) is 1. The lowest BCUT2D eigenvalue weighted by Crippen LogP contribution is -2.19. The van der Waals surface area contributed by atoms with Crippen molar-refractivity contribution in [3.05, 3.63) is 45.0 Å². The Bertz CT molecular complexity index is 765. The summed E-state index contributed by atoms with van der Waals surface area (Å²) in [5.74, 6) is -1.93. The number of carboxylic acids is 1. The van der Waals surface area contributed by atoms with Gasteiger partial charge in [0.15, 0.2) is 0 Å². The third-order valence-corrected chi connectivity index (χ3v) is 3.43. The van der Waals surface area contributed by atoms with Crippen LogP contribution in [0.5, 0.6) is 0 Å². The third kappa shape index (κ3) is 1.90. The Morgan fingerprint density at radius 1 is 1.42 bits per heavy atom. The molecule has 0 amide bonds. The number of fused-ring (bicyclic) bond motifs is 1. The van der Waals surface area contributed by atoms with Gasteiger partial charge in [0, 0.05) is 17.3 Å². The van der Waals surface area contributed by atoms with E-state index in [4.69, 9.17) is 16.7 Å². The van der Waals surface area contributed by atoms with Crippen LogP contribution in [-0.2, 0) is 0 Å². The lowest BCUT2D eigenvalue weighted by Gasteiger charge is -2.12. The monoisotopic (exact) mass is 281 g/mol. The molecule has 0 radical (unpaired) electrons. The molecule has 6 heteroatoms. The summed E-state index contributed by atoms with van der Waals surface area (Å²) in [6.07, 6.45) is 2.92. The van der Waals surface area contributed by atoms with E-state index in [1.54, 1.807) is 0 Å². The molecule has 0 spiro atoms. The second-order valence-electron chi connectivity index (χ2n) is 4.60. The molecule has 19 heavy (non-hydrogen) atoms. The molecule has 4 nitrogen and oxygen atoms in total. The molecule has 2 aromatic rings. The largest absolute Gasteiger partial charge is 0.477 e. The van der Waals surface area contributed by atoms with Gasteiger partial charge in [-0.2, -0.15) is 0 Å². The van der Waals surface area contributed by atoms with Crippen molar-refractivity contribution in [1.82, 2.24) is 4.57 Å². The zero-order chi connectivity index (χ0) is 13.7. The Labute approximate surface area is 112 Å². The van der Waals surface area contributed by atoms with Crippen molar-refractivity contribution < 1.29 is 14.3 Å². The van der Waals surface area contributed by atoms with Crippen LogP contribution in [0.1, 0.15) is 29.2 Å². The Morgan fingerprint density at radius 2 is 2.11 bits per heavy atom. The van der Waals surface area contributed by atoms with E-state index in [0.717, 1.165) is 18.9 Å². The van der Waals surface area contributed by atoms with Crippen molar-refractivity contribution in [2.75, 3.05) is 0 Å². The van der Waals surface area contributed by atoms with Crippen LogP contribution in [0, 0.1) is 5.82 Å². The molecule has 3 rings (SSSR count). The van der Waals surface area contributed by atoms with Crippen molar-refractivity contribution in [3.8, 4) is 0 Å². The molecular weight excluding hydrogens is 273 g/mol. The van der Waals surface area contributed by atoms with Crippen molar-refractivity contribution in [2.24, 2.45) is 0 Å². The van der Waals surface area contributed by atoms with E-state index in [-0.39, 0.29) is 27.5 Å². The molecule has 1 heterocycles. The molecule has 1 N–H and O–H groups in total. The van der Waals surface area contributed by atoms with Crippen LogP contribution in [-0.4, -0.2) is 15.6 Å². The van der Waals surface area contributed by atoms with Crippen molar-refractivity contribution in [1.29, 1.82) is 0 Å². The number of hydrogen-bond acceptors (Lipinski definition) is 2. The molecule has 1 aromatic heterocycles. The predicted octanol–water partition coefficient (Wildman–Crippen LogP) is 2.83. The maximum atomic E-state index is 14.0. The van der Waals surface area contributed by atoms with Gasteiger partial charge in [-0.05, 0) is 25.0 Å².